The molecule has 0 bridgehead atoms. The summed E-state index contributed by atoms with van der Waals surface area (Å²) in [6.45, 7) is 3.33. The quantitative estimate of drug-likeness (QED) is 0.603. The van der Waals surface area contributed by atoms with Crippen LogP contribution in [0, 0.1) is 0 Å². The number of carbonyl (C=O) groups is 3. The summed E-state index contributed by atoms with van der Waals surface area (Å²) >= 11 is 0. The van der Waals surface area contributed by atoms with Gasteiger partial charge in [-0.2, -0.15) is 0 Å². The van der Waals surface area contributed by atoms with E-state index in [1.807, 2.05) is 31.2 Å². The van der Waals surface area contributed by atoms with E-state index in [-0.39, 0.29) is 37.4 Å². The topological polar surface area (TPSA) is 99.2 Å². The monoisotopic (exact) mass is 479 g/mol. The minimum atomic E-state index is -0.938. The molecule has 8 heteroatoms. The van der Waals surface area contributed by atoms with E-state index in [9.17, 15) is 19.5 Å². The first-order valence-electron chi connectivity index (χ1n) is 12.2. The fraction of sp³-hybridized carbons (Fsp3) is 0.444. The molecule has 35 heavy (non-hydrogen) atoms. The molecule has 8 nitrogen and oxygen atoms in total. The Balaban J connectivity index is 1.35. The highest BCUT2D eigenvalue weighted by atomic mass is 16.5. The number of aliphatic carboxylic acids is 1. The van der Waals surface area contributed by atoms with Gasteiger partial charge in [0.05, 0.1) is 0 Å². The number of fused-ring (bicyclic) bond motifs is 3. The number of hydrogen-bond donors (Lipinski definition) is 2. The number of ether oxygens (including phenoxy) is 1. The number of piperazine rings is 1. The van der Waals surface area contributed by atoms with E-state index in [1.165, 1.54) is 11.1 Å². The number of hydrogen-bond acceptors (Lipinski definition) is 5. The number of benzene rings is 2. The second-order valence-corrected chi connectivity index (χ2v) is 9.33. The number of amides is 2. The van der Waals surface area contributed by atoms with Crippen LogP contribution in [0.15, 0.2) is 48.5 Å². The standard InChI is InChI=1S/C27H33N3O5/c1-3-8-18(15-25(31)30-14-13-29(2)24(16-30)26(32)33)28-27(34)35-17-23-21-11-6-4-9-19(21)20-10-5-7-12-22(20)23/h4-7,9-12,18,23-24H,3,8,13-17H2,1-2H3,(H,28,34)(H,32,33). The van der Waals surface area contributed by atoms with Gasteiger partial charge in [0, 0.05) is 38.0 Å². The van der Waals surface area contributed by atoms with Crippen molar-refractivity contribution < 1.29 is 24.2 Å². The Hall–Kier alpha value is -3.39. The van der Waals surface area contributed by atoms with Crippen molar-refractivity contribution in [3.05, 3.63) is 59.7 Å². The number of rotatable bonds is 8. The van der Waals surface area contributed by atoms with Crippen molar-refractivity contribution in [2.45, 2.75) is 44.2 Å². The third-order valence-corrected chi connectivity index (χ3v) is 7.01. The fourth-order valence-corrected chi connectivity index (χ4v) is 5.09. The van der Waals surface area contributed by atoms with Crippen molar-refractivity contribution in [1.29, 1.82) is 0 Å². The zero-order valence-electron chi connectivity index (χ0n) is 20.3. The SMILES string of the molecule is CCCC(CC(=O)N1CCN(C)C(C(=O)O)C1)NC(=O)OCC1c2ccccc2-c2ccccc21. The van der Waals surface area contributed by atoms with Gasteiger partial charge in [-0.05, 0) is 35.7 Å². The van der Waals surface area contributed by atoms with Crippen LogP contribution in [0.2, 0.25) is 0 Å². The van der Waals surface area contributed by atoms with Gasteiger partial charge >= 0.3 is 12.1 Å². The van der Waals surface area contributed by atoms with Crippen LogP contribution in [0.25, 0.3) is 11.1 Å². The van der Waals surface area contributed by atoms with Gasteiger partial charge in [0.1, 0.15) is 12.6 Å². The molecule has 0 radical (unpaired) electrons. The van der Waals surface area contributed by atoms with Crippen molar-refractivity contribution in [2.75, 3.05) is 33.3 Å². The second kappa shape index (κ2) is 10.9. The third-order valence-electron chi connectivity index (χ3n) is 7.01. The summed E-state index contributed by atoms with van der Waals surface area (Å²) in [5.41, 5.74) is 4.62. The molecule has 2 atom stereocenters. The van der Waals surface area contributed by atoms with E-state index >= 15 is 0 Å². The van der Waals surface area contributed by atoms with Crippen LogP contribution >= 0.6 is 0 Å². The number of carbonyl (C=O) groups excluding carboxylic acids is 2. The van der Waals surface area contributed by atoms with E-state index in [0.717, 1.165) is 17.5 Å². The van der Waals surface area contributed by atoms with Crippen LogP contribution in [0.5, 0.6) is 0 Å². The molecule has 2 unspecified atom stereocenters. The lowest BCUT2D eigenvalue weighted by Gasteiger charge is -2.37. The molecule has 1 aliphatic carbocycles. The van der Waals surface area contributed by atoms with E-state index in [2.05, 4.69) is 29.6 Å². The predicted molar refractivity (Wildman–Crippen MR) is 132 cm³/mol. The molecule has 2 aliphatic rings. The molecular weight excluding hydrogens is 446 g/mol. The number of nitrogens with zero attached hydrogens (tertiary/aromatic N) is 2. The average molecular weight is 480 g/mol. The number of nitrogens with one attached hydrogen (secondary N) is 1. The van der Waals surface area contributed by atoms with Crippen LogP contribution in [-0.2, 0) is 14.3 Å². The zero-order chi connectivity index (χ0) is 24.9. The van der Waals surface area contributed by atoms with E-state index in [0.29, 0.717) is 19.5 Å². The number of carboxylic acids is 1. The summed E-state index contributed by atoms with van der Waals surface area (Å²) in [5, 5.41) is 12.3. The molecule has 0 saturated carbocycles. The van der Waals surface area contributed by atoms with Crippen molar-refractivity contribution in [1.82, 2.24) is 15.1 Å². The van der Waals surface area contributed by atoms with E-state index in [4.69, 9.17) is 4.74 Å². The van der Waals surface area contributed by atoms with Crippen LogP contribution in [0.4, 0.5) is 4.79 Å². The molecule has 2 N–H and O–H groups in total. The highest BCUT2D eigenvalue weighted by Gasteiger charge is 2.33. The summed E-state index contributed by atoms with van der Waals surface area (Å²) in [4.78, 5) is 40.4. The lowest BCUT2D eigenvalue weighted by Crippen LogP contribution is -2.56. The van der Waals surface area contributed by atoms with Crippen molar-refractivity contribution in [3.8, 4) is 11.1 Å². The predicted octanol–water partition coefficient (Wildman–Crippen LogP) is 3.31. The number of carboxylic acid groups (broad SMARTS) is 1. The molecule has 0 aromatic heterocycles. The van der Waals surface area contributed by atoms with Gasteiger partial charge in [-0.25, -0.2) is 4.79 Å². The van der Waals surface area contributed by atoms with Crippen molar-refractivity contribution in [3.63, 3.8) is 0 Å². The van der Waals surface area contributed by atoms with Gasteiger partial charge in [0.25, 0.3) is 0 Å². The maximum atomic E-state index is 12.9. The molecule has 1 saturated heterocycles. The summed E-state index contributed by atoms with van der Waals surface area (Å²) < 4.78 is 5.65. The number of likely N-dealkylation sites (N-methyl/N-ethyl adjacent to an activating group) is 1. The van der Waals surface area contributed by atoms with E-state index < -0.39 is 18.1 Å². The zero-order valence-corrected chi connectivity index (χ0v) is 20.3. The average Bonchev–Trinajstić information content (AvgIpc) is 3.16. The Morgan fingerprint density at radius 2 is 1.69 bits per heavy atom. The third kappa shape index (κ3) is 5.48. The Kier molecular flexibility index (Phi) is 7.70. The van der Waals surface area contributed by atoms with Crippen LogP contribution in [0.3, 0.4) is 0 Å². The normalized spacial score (nSPS) is 18.5. The Bertz CT molecular complexity index is 1040. The number of alkyl carbamates (subject to hydrolysis) is 1. The molecule has 0 spiro atoms. The Morgan fingerprint density at radius 3 is 2.29 bits per heavy atom. The van der Waals surface area contributed by atoms with Gasteiger partial charge in [0.2, 0.25) is 5.91 Å². The molecular formula is C27H33N3O5. The summed E-state index contributed by atoms with van der Waals surface area (Å²) in [6.07, 6.45) is 1.00. The highest BCUT2D eigenvalue weighted by Crippen LogP contribution is 2.44. The van der Waals surface area contributed by atoms with Gasteiger partial charge in [-0.1, -0.05) is 61.9 Å². The lowest BCUT2D eigenvalue weighted by molar-refractivity contribution is -0.147. The molecule has 2 aromatic rings. The van der Waals surface area contributed by atoms with Gasteiger partial charge in [0.15, 0.2) is 0 Å². The summed E-state index contributed by atoms with van der Waals surface area (Å²) in [6, 6.07) is 15.2. The lowest BCUT2D eigenvalue weighted by atomic mass is 9.98. The minimum absolute atomic E-state index is 0.0299. The van der Waals surface area contributed by atoms with Gasteiger partial charge in [-0.3, -0.25) is 14.5 Å². The molecule has 2 aromatic carbocycles. The summed E-state index contributed by atoms with van der Waals surface area (Å²) in [5.74, 6) is -1.12. The maximum Gasteiger partial charge on any atom is 0.407 e. The Morgan fingerprint density at radius 1 is 1.06 bits per heavy atom. The van der Waals surface area contributed by atoms with Gasteiger partial charge < -0.3 is 20.1 Å². The smallest absolute Gasteiger partial charge is 0.407 e. The molecule has 1 aliphatic heterocycles. The maximum absolute atomic E-state index is 12.9. The van der Waals surface area contributed by atoms with Crippen LogP contribution in [0.1, 0.15) is 43.2 Å². The summed E-state index contributed by atoms with van der Waals surface area (Å²) in [7, 11) is 1.75. The molecule has 4 rings (SSSR count). The fourth-order valence-electron chi connectivity index (χ4n) is 5.09. The minimum Gasteiger partial charge on any atom is -0.480 e. The first-order valence-corrected chi connectivity index (χ1v) is 12.2. The highest BCUT2D eigenvalue weighted by molar-refractivity contribution is 5.81. The van der Waals surface area contributed by atoms with Gasteiger partial charge in [-0.15, -0.1) is 0 Å². The first kappa shape index (κ1) is 24.7. The Labute approximate surface area is 205 Å². The van der Waals surface area contributed by atoms with E-state index in [1.54, 1.807) is 16.8 Å². The van der Waals surface area contributed by atoms with Crippen LogP contribution in [-0.4, -0.2) is 78.2 Å². The van der Waals surface area contributed by atoms with Crippen molar-refractivity contribution >= 4 is 18.0 Å². The molecule has 1 heterocycles. The largest absolute Gasteiger partial charge is 0.480 e. The second-order valence-electron chi connectivity index (χ2n) is 9.33. The van der Waals surface area contributed by atoms with Crippen molar-refractivity contribution in [2.24, 2.45) is 0 Å². The van der Waals surface area contributed by atoms with Crippen LogP contribution < -0.4 is 5.32 Å². The molecule has 1 fully saturated rings. The first-order chi connectivity index (χ1) is 16.9. The molecule has 186 valence electrons. The molecule has 2 amide bonds.